The van der Waals surface area contributed by atoms with E-state index < -0.39 is 0 Å². The third-order valence-corrected chi connectivity index (χ3v) is 5.13. The first-order valence-electron chi connectivity index (χ1n) is 9.42. The Morgan fingerprint density at radius 3 is 2.58 bits per heavy atom. The van der Waals surface area contributed by atoms with Crippen LogP contribution in [0.25, 0.3) is 10.8 Å². The maximum absolute atomic E-state index is 13.1. The van der Waals surface area contributed by atoms with Gasteiger partial charge in [-0.15, -0.1) is 0 Å². The fraction of sp³-hybridized carbons (Fsp3) is 0.429. The lowest BCUT2D eigenvalue weighted by molar-refractivity contribution is -0.885. The maximum atomic E-state index is 13.1. The number of fused-ring (bicyclic) bond motifs is 1. The van der Waals surface area contributed by atoms with Crippen LogP contribution in [0, 0.1) is 0 Å². The van der Waals surface area contributed by atoms with E-state index in [-0.39, 0.29) is 17.9 Å². The molecule has 0 heterocycles. The molecular weight excluding hydrogens is 326 g/mol. The van der Waals surface area contributed by atoms with E-state index in [0.717, 1.165) is 34.2 Å². The molecule has 138 valence electrons. The molecule has 1 aliphatic carbocycles. The maximum Gasteiger partial charge on any atom is 0.284 e. The summed E-state index contributed by atoms with van der Waals surface area (Å²) in [5.41, 5.74) is 0.928. The Morgan fingerprint density at radius 2 is 1.88 bits per heavy atom. The monoisotopic (exact) mass is 354 g/mol. The number of benzene rings is 2. The summed E-state index contributed by atoms with van der Waals surface area (Å²) < 4.78 is 0. The van der Waals surface area contributed by atoms with Gasteiger partial charge < -0.3 is 15.1 Å². The zero-order valence-electron chi connectivity index (χ0n) is 15.8. The molecule has 0 aliphatic heterocycles. The summed E-state index contributed by atoms with van der Waals surface area (Å²) in [6.07, 6.45) is 2.15. The van der Waals surface area contributed by atoms with Crippen LogP contribution in [0.1, 0.15) is 26.7 Å². The van der Waals surface area contributed by atoms with Crippen LogP contribution < -0.4 is 15.1 Å². The molecule has 5 heteroatoms. The van der Waals surface area contributed by atoms with Gasteiger partial charge in [-0.3, -0.25) is 9.59 Å². The van der Waals surface area contributed by atoms with Gasteiger partial charge >= 0.3 is 0 Å². The Kier molecular flexibility index (Phi) is 5.57. The van der Waals surface area contributed by atoms with Crippen molar-refractivity contribution in [1.82, 2.24) is 5.32 Å². The normalized spacial score (nSPS) is 16.1. The van der Waals surface area contributed by atoms with Crippen LogP contribution in [0.3, 0.4) is 0 Å². The van der Waals surface area contributed by atoms with E-state index in [1.165, 1.54) is 0 Å². The molecular formula is C21H28N3O2+. The Balaban J connectivity index is 1.75. The number of hydrogen-bond acceptors (Lipinski definition) is 2. The Hall–Kier alpha value is -2.40. The molecule has 2 aromatic carbocycles. The number of nitrogens with zero attached hydrogens (tertiary/aromatic N) is 1. The van der Waals surface area contributed by atoms with E-state index in [4.69, 9.17) is 0 Å². The molecule has 0 saturated heterocycles. The second-order valence-electron chi connectivity index (χ2n) is 7.17. The van der Waals surface area contributed by atoms with E-state index >= 15 is 0 Å². The van der Waals surface area contributed by atoms with Crippen molar-refractivity contribution in [2.24, 2.45) is 0 Å². The third-order valence-electron chi connectivity index (χ3n) is 5.13. The van der Waals surface area contributed by atoms with Crippen molar-refractivity contribution in [1.29, 1.82) is 0 Å². The molecule has 0 spiro atoms. The third kappa shape index (κ3) is 4.05. The molecule has 2 amide bonds. The lowest BCUT2D eigenvalue weighted by Gasteiger charge is -2.28. The number of amides is 2. The van der Waals surface area contributed by atoms with E-state index in [0.29, 0.717) is 19.1 Å². The van der Waals surface area contributed by atoms with Crippen LogP contribution >= 0.6 is 0 Å². The van der Waals surface area contributed by atoms with Gasteiger partial charge in [0.15, 0.2) is 12.6 Å². The number of likely N-dealkylation sites (N-methyl/N-ethyl adjacent to an activating group) is 2. The van der Waals surface area contributed by atoms with E-state index in [1.54, 1.807) is 0 Å². The van der Waals surface area contributed by atoms with Crippen LogP contribution in [-0.2, 0) is 9.59 Å². The molecule has 26 heavy (non-hydrogen) atoms. The van der Waals surface area contributed by atoms with Gasteiger partial charge in [0.05, 0.1) is 12.7 Å². The standard InChI is InChI=1S/C21H27N3O2/c1-4-24(19-11-7-9-16-8-5-6-10-18(16)19)21(26)15(2)23(3)14-20(25)22-17-12-13-17/h5-11,15,17H,4,12-14H2,1-3H3,(H,22,25)/p+1/t15-/m1/s1. The average molecular weight is 354 g/mol. The summed E-state index contributed by atoms with van der Waals surface area (Å²) in [4.78, 5) is 27.9. The number of carbonyl (C=O) groups excluding carboxylic acids is 2. The van der Waals surface area contributed by atoms with Gasteiger partial charge in [-0.25, -0.2) is 0 Å². The molecule has 1 unspecified atom stereocenters. The fourth-order valence-corrected chi connectivity index (χ4v) is 3.25. The molecule has 2 N–H and O–H groups in total. The number of rotatable bonds is 7. The molecule has 3 rings (SSSR count). The molecule has 0 aromatic heterocycles. The summed E-state index contributed by atoms with van der Waals surface area (Å²) in [6, 6.07) is 14.2. The van der Waals surface area contributed by atoms with Crippen LogP contribution in [0.15, 0.2) is 42.5 Å². The number of nitrogens with one attached hydrogen (secondary N) is 2. The topological polar surface area (TPSA) is 53.9 Å². The van der Waals surface area contributed by atoms with Crippen LogP contribution in [0.5, 0.6) is 0 Å². The van der Waals surface area contributed by atoms with Crippen molar-refractivity contribution < 1.29 is 14.5 Å². The van der Waals surface area contributed by atoms with Crippen molar-refractivity contribution in [2.75, 3.05) is 25.0 Å². The molecule has 1 aliphatic rings. The van der Waals surface area contributed by atoms with Gasteiger partial charge in [0, 0.05) is 18.0 Å². The summed E-state index contributed by atoms with van der Waals surface area (Å²) >= 11 is 0. The second kappa shape index (κ2) is 7.87. The molecule has 5 nitrogen and oxygen atoms in total. The number of anilines is 1. The zero-order valence-corrected chi connectivity index (χ0v) is 15.8. The van der Waals surface area contributed by atoms with Gasteiger partial charge in [-0.1, -0.05) is 36.4 Å². The van der Waals surface area contributed by atoms with Crippen molar-refractivity contribution in [3.8, 4) is 0 Å². The summed E-state index contributed by atoms with van der Waals surface area (Å²) in [5, 5.41) is 5.18. The largest absolute Gasteiger partial charge is 0.348 e. The smallest absolute Gasteiger partial charge is 0.284 e. The number of hydrogen-bond donors (Lipinski definition) is 2. The molecule has 0 bridgehead atoms. The minimum atomic E-state index is -0.293. The predicted molar refractivity (Wildman–Crippen MR) is 104 cm³/mol. The van der Waals surface area contributed by atoms with Crippen LogP contribution in [0.2, 0.25) is 0 Å². The lowest BCUT2D eigenvalue weighted by Crippen LogP contribution is -3.15. The van der Waals surface area contributed by atoms with Crippen molar-refractivity contribution in [3.05, 3.63) is 42.5 Å². The van der Waals surface area contributed by atoms with Crippen molar-refractivity contribution in [2.45, 2.75) is 38.8 Å². The lowest BCUT2D eigenvalue weighted by atomic mass is 10.1. The van der Waals surface area contributed by atoms with Crippen molar-refractivity contribution in [3.63, 3.8) is 0 Å². The van der Waals surface area contributed by atoms with E-state index in [2.05, 4.69) is 17.4 Å². The first-order chi connectivity index (χ1) is 12.5. The summed E-state index contributed by atoms with van der Waals surface area (Å²) in [7, 11) is 1.91. The van der Waals surface area contributed by atoms with Gasteiger partial charge in [0.2, 0.25) is 0 Å². The first-order valence-corrected chi connectivity index (χ1v) is 9.42. The molecule has 2 atom stereocenters. The molecule has 1 fully saturated rings. The first kappa shape index (κ1) is 18.4. The molecule has 2 aromatic rings. The van der Waals surface area contributed by atoms with E-state index in [1.807, 2.05) is 56.1 Å². The van der Waals surface area contributed by atoms with E-state index in [9.17, 15) is 9.59 Å². The highest BCUT2D eigenvalue weighted by atomic mass is 16.2. The SMILES string of the molecule is CCN(C(=O)[C@@H](C)[NH+](C)CC(=O)NC1CC1)c1cccc2ccccc12. The number of quaternary nitrogens is 1. The quantitative estimate of drug-likeness (QED) is 0.789. The predicted octanol–water partition coefficient (Wildman–Crippen LogP) is 1.37. The highest BCUT2D eigenvalue weighted by molar-refractivity contribution is 6.04. The molecule has 0 radical (unpaired) electrons. The fourth-order valence-electron chi connectivity index (χ4n) is 3.25. The van der Waals surface area contributed by atoms with Gasteiger partial charge in [0.1, 0.15) is 0 Å². The van der Waals surface area contributed by atoms with Gasteiger partial charge in [-0.05, 0) is 38.1 Å². The van der Waals surface area contributed by atoms with Crippen LogP contribution in [-0.4, -0.2) is 44.0 Å². The zero-order chi connectivity index (χ0) is 18.7. The minimum absolute atomic E-state index is 0.0258. The molecule has 1 saturated carbocycles. The highest BCUT2D eigenvalue weighted by Gasteiger charge is 2.30. The van der Waals surface area contributed by atoms with Gasteiger partial charge in [0.25, 0.3) is 11.8 Å². The highest BCUT2D eigenvalue weighted by Crippen LogP contribution is 2.27. The van der Waals surface area contributed by atoms with Gasteiger partial charge in [-0.2, -0.15) is 0 Å². The van der Waals surface area contributed by atoms with Crippen LogP contribution in [0.4, 0.5) is 5.69 Å². The Bertz CT molecular complexity index is 795. The van der Waals surface area contributed by atoms with Crippen molar-refractivity contribution >= 4 is 28.3 Å². The Labute approximate surface area is 155 Å². The average Bonchev–Trinajstić information content (AvgIpc) is 3.45. The summed E-state index contributed by atoms with van der Waals surface area (Å²) in [6.45, 7) is 4.80. The number of carbonyl (C=O) groups is 2. The Morgan fingerprint density at radius 1 is 1.19 bits per heavy atom. The second-order valence-corrected chi connectivity index (χ2v) is 7.17. The summed E-state index contributed by atoms with van der Waals surface area (Å²) in [5.74, 6) is 0.0680. The minimum Gasteiger partial charge on any atom is -0.348 e.